The van der Waals surface area contributed by atoms with Crippen LogP contribution in [0.3, 0.4) is 0 Å². The molecule has 12 heteroatoms. The van der Waals surface area contributed by atoms with E-state index in [1.54, 1.807) is 29.1 Å². The number of pyridine rings is 1. The number of rotatable bonds is 11. The molecular weight excluding hydrogens is 550 g/mol. The molecule has 1 aliphatic heterocycles. The highest BCUT2D eigenvalue weighted by Gasteiger charge is 2.36. The highest BCUT2D eigenvalue weighted by molar-refractivity contribution is 6.22. The Labute approximate surface area is 247 Å². The summed E-state index contributed by atoms with van der Waals surface area (Å²) in [6.07, 6.45) is 4.69. The van der Waals surface area contributed by atoms with E-state index in [1.807, 2.05) is 44.3 Å². The van der Waals surface area contributed by atoms with Crippen molar-refractivity contribution in [2.75, 3.05) is 25.0 Å². The van der Waals surface area contributed by atoms with Gasteiger partial charge in [-0.25, -0.2) is 9.97 Å². The van der Waals surface area contributed by atoms with E-state index in [2.05, 4.69) is 25.4 Å². The summed E-state index contributed by atoms with van der Waals surface area (Å²) in [5.74, 6) is 0.00458. The number of aryl methyl sites for hydroxylation is 3. The van der Waals surface area contributed by atoms with Crippen LogP contribution in [0.25, 0.3) is 22.4 Å². The third kappa shape index (κ3) is 5.64. The minimum absolute atomic E-state index is 0.0712. The number of amides is 2. The predicted molar refractivity (Wildman–Crippen MR) is 159 cm³/mol. The SMILES string of the molecule is Cc1ccc(OCC(O)CNc2ccnc(O)c2-c2nc3cc4c(cc3[nH]2)C(=O)N(CCCn2cccn2)C4=O)c(C)c1. The molecule has 0 aliphatic carbocycles. The second kappa shape index (κ2) is 11.6. The molecule has 1 aliphatic rings. The average Bonchev–Trinajstić information content (AvgIpc) is 3.70. The van der Waals surface area contributed by atoms with Crippen molar-refractivity contribution < 1.29 is 24.5 Å². The lowest BCUT2D eigenvalue weighted by Gasteiger charge is -2.17. The number of nitrogens with zero attached hydrogens (tertiary/aromatic N) is 5. The third-order valence-corrected chi connectivity index (χ3v) is 7.36. The number of imide groups is 1. The normalized spacial score (nSPS) is 13.5. The number of aliphatic hydroxyl groups is 1. The fourth-order valence-corrected chi connectivity index (χ4v) is 5.20. The van der Waals surface area contributed by atoms with Gasteiger partial charge in [0.25, 0.3) is 11.8 Å². The molecule has 0 bridgehead atoms. The van der Waals surface area contributed by atoms with Gasteiger partial charge >= 0.3 is 0 Å². The van der Waals surface area contributed by atoms with Crippen molar-refractivity contribution in [2.24, 2.45) is 0 Å². The van der Waals surface area contributed by atoms with Gasteiger partial charge in [0.05, 0.1) is 27.8 Å². The molecule has 12 nitrogen and oxygen atoms in total. The third-order valence-electron chi connectivity index (χ3n) is 7.36. The molecule has 0 saturated carbocycles. The Kier molecular flexibility index (Phi) is 7.51. The second-order valence-electron chi connectivity index (χ2n) is 10.6. The van der Waals surface area contributed by atoms with Crippen LogP contribution in [0.4, 0.5) is 5.69 Å². The largest absolute Gasteiger partial charge is 0.493 e. The topological polar surface area (TPSA) is 158 Å². The minimum atomic E-state index is -0.845. The molecule has 0 fully saturated rings. The first kappa shape index (κ1) is 27.9. The zero-order valence-electron chi connectivity index (χ0n) is 23.7. The Hall–Kier alpha value is -5.23. The number of fused-ring (bicyclic) bond motifs is 2. The maximum Gasteiger partial charge on any atom is 0.261 e. The van der Waals surface area contributed by atoms with Gasteiger partial charge in [-0.1, -0.05) is 17.7 Å². The summed E-state index contributed by atoms with van der Waals surface area (Å²) in [5, 5.41) is 28.5. The molecule has 0 spiro atoms. The number of H-pyrrole nitrogens is 1. The number of anilines is 1. The lowest BCUT2D eigenvalue weighted by Crippen LogP contribution is -2.31. The van der Waals surface area contributed by atoms with Crippen LogP contribution >= 0.6 is 0 Å². The summed E-state index contributed by atoms with van der Waals surface area (Å²) in [7, 11) is 0. The molecule has 2 amide bonds. The van der Waals surface area contributed by atoms with E-state index in [1.165, 1.54) is 11.1 Å². The van der Waals surface area contributed by atoms with Crippen LogP contribution in [-0.2, 0) is 6.54 Å². The van der Waals surface area contributed by atoms with E-state index in [4.69, 9.17) is 4.74 Å². The fourth-order valence-electron chi connectivity index (χ4n) is 5.20. The Bertz CT molecular complexity index is 1760. The number of hydrogen-bond acceptors (Lipinski definition) is 9. The fraction of sp³-hybridized carbons (Fsp3) is 0.258. The molecule has 1 unspecified atom stereocenters. The minimum Gasteiger partial charge on any atom is -0.493 e. The van der Waals surface area contributed by atoms with E-state index in [0.717, 1.165) is 11.1 Å². The van der Waals surface area contributed by atoms with Crippen molar-refractivity contribution in [2.45, 2.75) is 32.9 Å². The number of aliphatic hydroxyl groups excluding tert-OH is 1. The van der Waals surface area contributed by atoms with E-state index in [0.29, 0.717) is 52.4 Å². The van der Waals surface area contributed by atoms with Gasteiger partial charge in [0.2, 0.25) is 5.88 Å². The number of nitrogens with one attached hydrogen (secondary N) is 2. The Morgan fingerprint density at radius 2 is 1.86 bits per heavy atom. The Balaban J connectivity index is 1.16. The molecule has 3 aromatic heterocycles. The van der Waals surface area contributed by atoms with Gasteiger partial charge in [0, 0.05) is 38.2 Å². The van der Waals surface area contributed by atoms with E-state index in [-0.39, 0.29) is 43.0 Å². The number of imidazole rings is 1. The maximum absolute atomic E-state index is 13.1. The summed E-state index contributed by atoms with van der Waals surface area (Å²) in [5.41, 5.74) is 4.47. The molecule has 2 aromatic carbocycles. The Morgan fingerprint density at radius 3 is 2.63 bits per heavy atom. The van der Waals surface area contributed by atoms with Crippen molar-refractivity contribution in [1.29, 1.82) is 0 Å². The molecule has 0 radical (unpaired) electrons. The van der Waals surface area contributed by atoms with Gasteiger partial charge in [0.1, 0.15) is 29.8 Å². The first-order valence-corrected chi connectivity index (χ1v) is 14.0. The van der Waals surface area contributed by atoms with Crippen molar-refractivity contribution in [3.8, 4) is 23.0 Å². The number of carbonyl (C=O) groups is 2. The van der Waals surface area contributed by atoms with Crippen molar-refractivity contribution in [1.82, 2.24) is 29.6 Å². The van der Waals surface area contributed by atoms with Gasteiger partial charge in [-0.2, -0.15) is 5.10 Å². The van der Waals surface area contributed by atoms with Gasteiger partial charge in [-0.05, 0) is 56.2 Å². The van der Waals surface area contributed by atoms with Crippen LogP contribution in [0.1, 0.15) is 38.3 Å². The van der Waals surface area contributed by atoms with Crippen LogP contribution in [0.2, 0.25) is 0 Å². The summed E-state index contributed by atoms with van der Waals surface area (Å²) in [6, 6.07) is 12.5. The van der Waals surface area contributed by atoms with Crippen LogP contribution in [0.15, 0.2) is 61.1 Å². The van der Waals surface area contributed by atoms with E-state index >= 15 is 0 Å². The van der Waals surface area contributed by atoms with Crippen LogP contribution in [0.5, 0.6) is 11.6 Å². The van der Waals surface area contributed by atoms with E-state index in [9.17, 15) is 19.8 Å². The zero-order chi connectivity index (χ0) is 30.1. The highest BCUT2D eigenvalue weighted by Crippen LogP contribution is 2.35. The number of ether oxygens (including phenoxy) is 1. The predicted octanol–water partition coefficient (Wildman–Crippen LogP) is 3.68. The number of aromatic nitrogens is 5. The number of hydrogen-bond donors (Lipinski definition) is 4. The first-order chi connectivity index (χ1) is 20.8. The lowest BCUT2D eigenvalue weighted by atomic mass is 10.1. The van der Waals surface area contributed by atoms with Crippen LogP contribution in [0, 0.1) is 13.8 Å². The first-order valence-electron chi connectivity index (χ1n) is 14.0. The van der Waals surface area contributed by atoms with Gasteiger partial charge in [0.15, 0.2) is 0 Å². The number of aromatic hydroxyl groups is 1. The van der Waals surface area contributed by atoms with Crippen LogP contribution < -0.4 is 10.1 Å². The standard InChI is InChI=1S/C31H31N7O5/c1-18-5-6-26(19(2)13-18)43-17-20(39)16-33-23-7-9-32-29(40)27(23)28-35-24-14-21-22(15-25(24)36-28)31(42)38(30(21)41)12-4-11-37-10-3-8-34-37/h3,5-10,13-15,20,39H,4,11-12,16-17H2,1-2H3,(H,35,36)(H2,32,33,40). The van der Waals surface area contributed by atoms with Gasteiger partial charge in [-0.15, -0.1) is 0 Å². The zero-order valence-corrected chi connectivity index (χ0v) is 23.7. The second-order valence-corrected chi connectivity index (χ2v) is 10.6. The monoisotopic (exact) mass is 581 g/mol. The Morgan fingerprint density at radius 1 is 1.05 bits per heavy atom. The summed E-state index contributed by atoms with van der Waals surface area (Å²) in [4.78, 5) is 39.2. The van der Waals surface area contributed by atoms with E-state index < -0.39 is 6.10 Å². The molecule has 1 atom stereocenters. The highest BCUT2D eigenvalue weighted by atomic mass is 16.5. The number of carbonyl (C=O) groups excluding carboxylic acids is 2. The van der Waals surface area contributed by atoms with Crippen molar-refractivity contribution >= 4 is 28.5 Å². The van der Waals surface area contributed by atoms with Crippen LogP contribution in [-0.4, -0.2) is 77.5 Å². The molecule has 220 valence electrons. The molecular formula is C31H31N7O5. The van der Waals surface area contributed by atoms with Gasteiger partial charge < -0.3 is 25.3 Å². The lowest BCUT2D eigenvalue weighted by molar-refractivity contribution is 0.0650. The summed E-state index contributed by atoms with van der Waals surface area (Å²) >= 11 is 0. The maximum atomic E-state index is 13.1. The summed E-state index contributed by atoms with van der Waals surface area (Å²) in [6.45, 7) is 5.03. The molecule has 0 saturated heterocycles. The number of benzene rings is 2. The number of aromatic amines is 1. The molecule has 5 aromatic rings. The summed E-state index contributed by atoms with van der Waals surface area (Å²) < 4.78 is 7.54. The molecule has 6 rings (SSSR count). The smallest absolute Gasteiger partial charge is 0.261 e. The van der Waals surface area contributed by atoms with Gasteiger partial charge in [-0.3, -0.25) is 19.2 Å². The molecule has 4 N–H and O–H groups in total. The quantitative estimate of drug-likeness (QED) is 0.171. The van der Waals surface area contributed by atoms with Crippen molar-refractivity contribution in [3.05, 3.63) is 83.3 Å². The van der Waals surface area contributed by atoms with Crippen molar-refractivity contribution in [3.63, 3.8) is 0 Å². The average molecular weight is 582 g/mol. The molecule has 43 heavy (non-hydrogen) atoms. The molecule has 4 heterocycles.